The first-order valence-corrected chi connectivity index (χ1v) is 7.38. The van der Waals surface area contributed by atoms with E-state index in [2.05, 4.69) is 11.9 Å². The van der Waals surface area contributed by atoms with E-state index >= 15 is 0 Å². The van der Waals surface area contributed by atoms with Crippen LogP contribution in [-0.4, -0.2) is 49.3 Å². The van der Waals surface area contributed by atoms with Crippen LogP contribution in [0.25, 0.3) is 0 Å². The van der Waals surface area contributed by atoms with Crippen molar-refractivity contribution in [1.29, 1.82) is 0 Å². The summed E-state index contributed by atoms with van der Waals surface area (Å²) in [5.74, 6) is 0.815. The predicted octanol–water partition coefficient (Wildman–Crippen LogP) is 1.81. The van der Waals surface area contributed by atoms with Crippen molar-refractivity contribution < 1.29 is 9.47 Å². The Hall–Kier alpha value is -1.17. The van der Waals surface area contributed by atoms with Gasteiger partial charge in [-0.1, -0.05) is 24.4 Å². The molecule has 4 nitrogen and oxygen atoms in total. The van der Waals surface area contributed by atoms with Gasteiger partial charge < -0.3 is 15.2 Å². The Bertz CT molecular complexity index is 447. The summed E-state index contributed by atoms with van der Waals surface area (Å²) in [5.41, 5.74) is 6.46. The second-order valence-electron chi connectivity index (χ2n) is 5.06. The van der Waals surface area contributed by atoms with E-state index in [1.54, 1.807) is 0 Å². The van der Waals surface area contributed by atoms with Crippen LogP contribution in [0.15, 0.2) is 24.3 Å². The predicted molar refractivity (Wildman–Crippen MR) is 84.3 cm³/mol. The molecular formula is C15H22N2O2S. The fourth-order valence-corrected chi connectivity index (χ4v) is 2.48. The Morgan fingerprint density at radius 3 is 2.90 bits per heavy atom. The van der Waals surface area contributed by atoms with Crippen LogP contribution in [0.4, 0.5) is 0 Å². The average molecular weight is 294 g/mol. The summed E-state index contributed by atoms with van der Waals surface area (Å²) in [4.78, 5) is 2.75. The zero-order valence-electron chi connectivity index (χ0n) is 11.9. The highest BCUT2D eigenvalue weighted by Gasteiger charge is 2.17. The van der Waals surface area contributed by atoms with Crippen LogP contribution in [0, 0.1) is 0 Å². The van der Waals surface area contributed by atoms with Gasteiger partial charge in [0.05, 0.1) is 0 Å². The molecule has 0 bridgehead atoms. The van der Waals surface area contributed by atoms with Crippen molar-refractivity contribution in [1.82, 2.24) is 4.90 Å². The molecule has 0 spiro atoms. The number of rotatable bonds is 6. The van der Waals surface area contributed by atoms with Crippen molar-refractivity contribution in [3.05, 3.63) is 29.8 Å². The molecule has 1 saturated heterocycles. The van der Waals surface area contributed by atoms with E-state index in [4.69, 9.17) is 27.4 Å². The molecule has 2 N–H and O–H groups in total. The van der Waals surface area contributed by atoms with Gasteiger partial charge in [0.1, 0.15) is 17.3 Å². The highest BCUT2D eigenvalue weighted by atomic mass is 32.1. The van der Waals surface area contributed by atoms with E-state index < -0.39 is 0 Å². The zero-order valence-corrected chi connectivity index (χ0v) is 12.7. The van der Waals surface area contributed by atoms with Crippen molar-refractivity contribution in [2.75, 3.05) is 33.4 Å². The molecule has 2 rings (SSSR count). The molecule has 0 aromatic heterocycles. The molecule has 1 aliphatic heterocycles. The summed E-state index contributed by atoms with van der Waals surface area (Å²) in [6.45, 7) is 3.30. The van der Waals surface area contributed by atoms with Gasteiger partial charge in [0, 0.05) is 31.4 Å². The zero-order chi connectivity index (χ0) is 14.4. The number of benzene rings is 1. The first kappa shape index (κ1) is 15.2. The summed E-state index contributed by atoms with van der Waals surface area (Å²) >= 11 is 4.96. The minimum atomic E-state index is 0.398. The lowest BCUT2D eigenvalue weighted by Gasteiger charge is -2.31. The molecular weight excluding hydrogens is 272 g/mol. The Balaban J connectivity index is 1.77. The van der Waals surface area contributed by atoms with E-state index in [-0.39, 0.29) is 0 Å². The second kappa shape index (κ2) is 7.57. The fraction of sp³-hybridized carbons (Fsp3) is 0.533. The Kier molecular flexibility index (Phi) is 5.76. The van der Waals surface area contributed by atoms with Gasteiger partial charge in [0.15, 0.2) is 0 Å². The Labute approximate surface area is 125 Å². The van der Waals surface area contributed by atoms with Crippen molar-refractivity contribution >= 4 is 17.2 Å². The molecule has 0 amide bonds. The van der Waals surface area contributed by atoms with Crippen molar-refractivity contribution in [2.24, 2.45) is 5.73 Å². The van der Waals surface area contributed by atoms with Crippen LogP contribution in [-0.2, 0) is 4.74 Å². The molecule has 0 radical (unpaired) electrons. The first-order chi connectivity index (χ1) is 9.66. The summed E-state index contributed by atoms with van der Waals surface area (Å²) in [6.07, 6.45) is 2.21. The van der Waals surface area contributed by atoms with Gasteiger partial charge in [0.2, 0.25) is 0 Å². The number of hydrogen-bond donors (Lipinski definition) is 1. The minimum absolute atomic E-state index is 0.398. The lowest BCUT2D eigenvalue weighted by molar-refractivity contribution is 0.0392. The third-order valence-electron chi connectivity index (χ3n) is 3.65. The highest BCUT2D eigenvalue weighted by Crippen LogP contribution is 2.15. The quantitative estimate of drug-likeness (QED) is 0.811. The lowest BCUT2D eigenvalue weighted by Crippen LogP contribution is -2.38. The molecule has 1 fully saturated rings. The van der Waals surface area contributed by atoms with Gasteiger partial charge in [-0.2, -0.15) is 0 Å². The smallest absolute Gasteiger partial charge is 0.120 e. The molecule has 0 aliphatic carbocycles. The maximum Gasteiger partial charge on any atom is 0.120 e. The normalized spacial score (nSPS) is 16.3. The van der Waals surface area contributed by atoms with Crippen LogP contribution in [0.5, 0.6) is 5.75 Å². The molecule has 20 heavy (non-hydrogen) atoms. The standard InChI is InChI=1S/C15H22N2O2S/c1-17(13-5-8-18-9-6-13)7-10-19-14-4-2-3-12(11-14)15(16)20/h2-4,11,13H,5-10H2,1H3,(H2,16,20). The third-order valence-corrected chi connectivity index (χ3v) is 3.88. The summed E-state index contributed by atoms with van der Waals surface area (Å²) in [6, 6.07) is 8.22. The Morgan fingerprint density at radius 2 is 2.20 bits per heavy atom. The fourth-order valence-electron chi connectivity index (χ4n) is 2.36. The van der Waals surface area contributed by atoms with Crippen LogP contribution >= 0.6 is 12.2 Å². The maximum absolute atomic E-state index is 5.77. The van der Waals surface area contributed by atoms with Crippen molar-refractivity contribution in [3.63, 3.8) is 0 Å². The molecule has 5 heteroatoms. The second-order valence-corrected chi connectivity index (χ2v) is 5.50. The van der Waals surface area contributed by atoms with Crippen LogP contribution < -0.4 is 10.5 Å². The number of likely N-dealkylation sites (N-methyl/N-ethyl adjacent to an activating group) is 1. The van der Waals surface area contributed by atoms with Gasteiger partial charge >= 0.3 is 0 Å². The van der Waals surface area contributed by atoms with E-state index in [1.807, 2.05) is 24.3 Å². The van der Waals surface area contributed by atoms with Gasteiger partial charge in [-0.25, -0.2) is 0 Å². The largest absolute Gasteiger partial charge is 0.492 e. The maximum atomic E-state index is 5.77. The number of ether oxygens (including phenoxy) is 2. The molecule has 1 heterocycles. The SMILES string of the molecule is CN(CCOc1cccc(C(N)=S)c1)C1CCOCC1. The van der Waals surface area contributed by atoms with Crippen LogP contribution in [0.2, 0.25) is 0 Å². The number of nitrogens with two attached hydrogens (primary N) is 1. The summed E-state index contributed by atoms with van der Waals surface area (Å²) < 4.78 is 11.1. The van der Waals surface area contributed by atoms with Gasteiger partial charge in [0.25, 0.3) is 0 Å². The van der Waals surface area contributed by atoms with Gasteiger partial charge in [-0.15, -0.1) is 0 Å². The highest BCUT2D eigenvalue weighted by molar-refractivity contribution is 7.80. The summed E-state index contributed by atoms with van der Waals surface area (Å²) in [5, 5.41) is 0. The lowest BCUT2D eigenvalue weighted by atomic mass is 10.1. The summed E-state index contributed by atoms with van der Waals surface area (Å²) in [7, 11) is 2.14. The van der Waals surface area contributed by atoms with Gasteiger partial charge in [-0.05, 0) is 32.0 Å². The average Bonchev–Trinajstić information content (AvgIpc) is 2.48. The van der Waals surface area contributed by atoms with E-state index in [0.717, 1.165) is 43.9 Å². The molecule has 110 valence electrons. The molecule has 1 aliphatic rings. The first-order valence-electron chi connectivity index (χ1n) is 6.97. The van der Waals surface area contributed by atoms with Crippen LogP contribution in [0.3, 0.4) is 0 Å². The Morgan fingerprint density at radius 1 is 1.45 bits per heavy atom. The monoisotopic (exact) mass is 294 g/mol. The molecule has 1 aromatic rings. The van der Waals surface area contributed by atoms with Gasteiger partial charge in [-0.3, -0.25) is 4.90 Å². The topological polar surface area (TPSA) is 47.7 Å². The number of nitrogens with zero attached hydrogens (tertiary/aromatic N) is 1. The number of thiocarbonyl (C=S) groups is 1. The molecule has 0 atom stereocenters. The van der Waals surface area contributed by atoms with Crippen molar-refractivity contribution in [2.45, 2.75) is 18.9 Å². The minimum Gasteiger partial charge on any atom is -0.492 e. The molecule has 0 unspecified atom stereocenters. The third kappa shape index (κ3) is 4.44. The van der Waals surface area contributed by atoms with Crippen molar-refractivity contribution in [3.8, 4) is 5.75 Å². The molecule has 0 saturated carbocycles. The number of hydrogen-bond acceptors (Lipinski definition) is 4. The van der Waals surface area contributed by atoms with E-state index in [9.17, 15) is 0 Å². The van der Waals surface area contributed by atoms with Crippen LogP contribution in [0.1, 0.15) is 18.4 Å². The van der Waals surface area contributed by atoms with E-state index in [1.165, 1.54) is 0 Å². The molecule has 1 aromatic carbocycles. The van der Waals surface area contributed by atoms with E-state index in [0.29, 0.717) is 17.6 Å².